The summed E-state index contributed by atoms with van der Waals surface area (Å²) in [5, 5.41) is 9.05. The van der Waals surface area contributed by atoms with Crippen molar-refractivity contribution in [2.75, 3.05) is 0 Å². The van der Waals surface area contributed by atoms with Gasteiger partial charge in [-0.3, -0.25) is 0 Å². The zero-order valence-corrected chi connectivity index (χ0v) is 16.8. The van der Waals surface area contributed by atoms with Crippen LogP contribution in [0.4, 0.5) is 0 Å². The van der Waals surface area contributed by atoms with E-state index in [0.717, 1.165) is 22.5 Å². The molecule has 2 heterocycles. The van der Waals surface area contributed by atoms with Crippen molar-refractivity contribution in [2.24, 2.45) is 0 Å². The number of aryl methyl sites for hydroxylation is 2. The fourth-order valence-corrected chi connectivity index (χ4v) is 3.63. The topological polar surface area (TPSA) is 64.7 Å². The summed E-state index contributed by atoms with van der Waals surface area (Å²) in [6.45, 7) is 6.04. The molecule has 1 atom stereocenters. The third-order valence-electron chi connectivity index (χ3n) is 4.27. The van der Waals surface area contributed by atoms with Crippen LogP contribution in [0.15, 0.2) is 70.2 Å². The Morgan fingerprint density at radius 1 is 0.857 bits per heavy atom. The average Bonchev–Trinajstić information content (AvgIpc) is 3.19. The van der Waals surface area contributed by atoms with Gasteiger partial charge in [0.1, 0.15) is 0 Å². The number of thioether (sulfide) groups is 1. The van der Waals surface area contributed by atoms with Gasteiger partial charge in [-0.2, -0.15) is 0 Å². The molecule has 0 saturated carbocycles. The molecule has 6 heteroatoms. The first-order valence-corrected chi connectivity index (χ1v) is 9.94. The van der Waals surface area contributed by atoms with Crippen molar-refractivity contribution in [3.05, 3.63) is 77.8 Å². The van der Waals surface area contributed by atoms with Gasteiger partial charge in [-0.25, -0.2) is 9.97 Å². The molecule has 28 heavy (non-hydrogen) atoms. The van der Waals surface area contributed by atoms with Crippen LogP contribution in [0, 0.1) is 13.8 Å². The SMILES string of the molecule is Cc1ccc(-c2nnc([C@@H](C)Sc3nc(C)cc(-c4ccccc4)n3)o2)cc1. The average molecular weight is 388 g/mol. The van der Waals surface area contributed by atoms with E-state index >= 15 is 0 Å². The molecule has 0 aliphatic carbocycles. The van der Waals surface area contributed by atoms with E-state index in [9.17, 15) is 0 Å². The van der Waals surface area contributed by atoms with Crippen molar-refractivity contribution < 1.29 is 4.42 Å². The Kier molecular flexibility index (Phi) is 5.21. The molecule has 4 aromatic rings. The number of rotatable bonds is 5. The minimum absolute atomic E-state index is 0.0582. The predicted molar refractivity (Wildman–Crippen MR) is 111 cm³/mol. The van der Waals surface area contributed by atoms with E-state index in [4.69, 9.17) is 9.40 Å². The molecule has 0 unspecified atom stereocenters. The molecule has 0 saturated heterocycles. The van der Waals surface area contributed by atoms with Gasteiger partial charge >= 0.3 is 0 Å². The molecule has 4 rings (SSSR count). The van der Waals surface area contributed by atoms with E-state index in [0.29, 0.717) is 16.9 Å². The Morgan fingerprint density at radius 3 is 2.36 bits per heavy atom. The minimum atomic E-state index is -0.0582. The van der Waals surface area contributed by atoms with Gasteiger partial charge in [0.2, 0.25) is 11.8 Å². The Hall–Kier alpha value is -2.99. The number of hydrogen-bond acceptors (Lipinski definition) is 6. The lowest BCUT2D eigenvalue weighted by atomic mass is 10.1. The van der Waals surface area contributed by atoms with Crippen LogP contribution in [-0.4, -0.2) is 20.2 Å². The summed E-state index contributed by atoms with van der Waals surface area (Å²) in [5.74, 6) is 1.09. The third-order valence-corrected chi connectivity index (χ3v) is 5.22. The van der Waals surface area contributed by atoms with Crippen LogP contribution >= 0.6 is 11.8 Å². The van der Waals surface area contributed by atoms with E-state index in [2.05, 4.69) is 15.2 Å². The molecule has 0 N–H and O–H groups in total. The molecule has 0 spiro atoms. The van der Waals surface area contributed by atoms with Crippen molar-refractivity contribution in [2.45, 2.75) is 31.2 Å². The van der Waals surface area contributed by atoms with Gasteiger partial charge in [0.05, 0.1) is 10.9 Å². The third kappa shape index (κ3) is 4.12. The standard InChI is InChI=1S/C22H20N4OS/c1-14-9-11-18(12-10-14)21-26-25-20(27-21)16(3)28-22-23-15(2)13-19(24-22)17-7-5-4-6-8-17/h4-13,16H,1-3H3/t16-/m1/s1. The van der Waals surface area contributed by atoms with Crippen molar-refractivity contribution in [3.63, 3.8) is 0 Å². The number of aromatic nitrogens is 4. The monoisotopic (exact) mass is 388 g/mol. The molecule has 2 aromatic carbocycles. The van der Waals surface area contributed by atoms with Crippen molar-refractivity contribution in [3.8, 4) is 22.7 Å². The Labute approximate surface area is 168 Å². The van der Waals surface area contributed by atoms with Crippen molar-refractivity contribution in [1.82, 2.24) is 20.2 Å². The lowest BCUT2D eigenvalue weighted by Gasteiger charge is -2.08. The number of hydrogen-bond donors (Lipinski definition) is 0. The molecule has 0 bridgehead atoms. The van der Waals surface area contributed by atoms with Crippen LogP contribution < -0.4 is 0 Å². The predicted octanol–water partition coefficient (Wildman–Crippen LogP) is 5.66. The Morgan fingerprint density at radius 2 is 1.61 bits per heavy atom. The van der Waals surface area contributed by atoms with Crippen molar-refractivity contribution >= 4 is 11.8 Å². The first kappa shape index (κ1) is 18.4. The smallest absolute Gasteiger partial charge is 0.247 e. The second-order valence-electron chi connectivity index (χ2n) is 6.61. The lowest BCUT2D eigenvalue weighted by molar-refractivity contribution is 0.509. The highest BCUT2D eigenvalue weighted by molar-refractivity contribution is 7.99. The summed E-state index contributed by atoms with van der Waals surface area (Å²) in [7, 11) is 0. The second kappa shape index (κ2) is 7.94. The molecule has 0 fully saturated rings. The zero-order chi connectivity index (χ0) is 19.5. The lowest BCUT2D eigenvalue weighted by Crippen LogP contribution is -1.96. The summed E-state index contributed by atoms with van der Waals surface area (Å²) >= 11 is 1.51. The highest BCUT2D eigenvalue weighted by atomic mass is 32.2. The van der Waals surface area contributed by atoms with Crippen LogP contribution in [0.25, 0.3) is 22.7 Å². The highest BCUT2D eigenvalue weighted by Crippen LogP contribution is 2.34. The van der Waals surface area contributed by atoms with E-state index in [1.807, 2.05) is 81.4 Å². The van der Waals surface area contributed by atoms with Gasteiger partial charge in [0.15, 0.2) is 5.16 Å². The number of nitrogens with zero attached hydrogens (tertiary/aromatic N) is 4. The quantitative estimate of drug-likeness (QED) is 0.324. The molecular weight excluding hydrogens is 368 g/mol. The van der Waals surface area contributed by atoms with Gasteiger partial charge in [-0.1, -0.05) is 59.8 Å². The summed E-state index contributed by atoms with van der Waals surface area (Å²) < 4.78 is 5.89. The normalized spacial score (nSPS) is 12.1. The van der Waals surface area contributed by atoms with Gasteiger partial charge in [-0.05, 0) is 39.0 Å². The fraction of sp³-hybridized carbons (Fsp3) is 0.182. The van der Waals surface area contributed by atoms with Gasteiger partial charge < -0.3 is 4.42 Å². The van der Waals surface area contributed by atoms with E-state index in [-0.39, 0.29) is 5.25 Å². The minimum Gasteiger partial charge on any atom is -0.419 e. The molecule has 0 aliphatic rings. The fourth-order valence-electron chi connectivity index (χ4n) is 2.77. The van der Waals surface area contributed by atoms with Crippen LogP contribution in [0.5, 0.6) is 0 Å². The number of benzene rings is 2. The van der Waals surface area contributed by atoms with Crippen LogP contribution in [0.3, 0.4) is 0 Å². The van der Waals surface area contributed by atoms with Crippen molar-refractivity contribution in [1.29, 1.82) is 0 Å². The molecule has 5 nitrogen and oxygen atoms in total. The zero-order valence-electron chi connectivity index (χ0n) is 16.0. The Bertz CT molecular complexity index is 1080. The maximum atomic E-state index is 5.89. The van der Waals surface area contributed by atoms with Gasteiger partial charge in [-0.15, -0.1) is 10.2 Å². The first-order valence-electron chi connectivity index (χ1n) is 9.07. The van der Waals surface area contributed by atoms with E-state index in [1.165, 1.54) is 17.3 Å². The first-order chi connectivity index (χ1) is 13.6. The molecule has 0 radical (unpaired) electrons. The molecule has 0 amide bonds. The molecule has 2 aromatic heterocycles. The summed E-state index contributed by atoms with van der Waals surface area (Å²) in [5.41, 5.74) is 5.02. The maximum absolute atomic E-state index is 5.89. The van der Waals surface area contributed by atoms with Gasteiger partial charge in [0, 0.05) is 16.8 Å². The summed E-state index contributed by atoms with van der Waals surface area (Å²) in [4.78, 5) is 9.27. The summed E-state index contributed by atoms with van der Waals surface area (Å²) in [6.07, 6.45) is 0. The molecule has 140 valence electrons. The van der Waals surface area contributed by atoms with E-state index < -0.39 is 0 Å². The molecule has 0 aliphatic heterocycles. The van der Waals surface area contributed by atoms with Crippen LogP contribution in [-0.2, 0) is 0 Å². The van der Waals surface area contributed by atoms with E-state index in [1.54, 1.807) is 0 Å². The van der Waals surface area contributed by atoms with Crippen LogP contribution in [0.1, 0.15) is 29.3 Å². The Balaban J connectivity index is 1.55. The maximum Gasteiger partial charge on any atom is 0.247 e. The molecular formula is C22H20N4OS. The largest absolute Gasteiger partial charge is 0.419 e. The van der Waals surface area contributed by atoms with Gasteiger partial charge in [0.25, 0.3) is 0 Å². The van der Waals surface area contributed by atoms with Crippen LogP contribution in [0.2, 0.25) is 0 Å². The summed E-state index contributed by atoms with van der Waals surface area (Å²) in [6, 6.07) is 20.1. The highest BCUT2D eigenvalue weighted by Gasteiger charge is 2.18. The second-order valence-corrected chi connectivity index (χ2v) is 7.92.